The Balaban J connectivity index is 1.43. The molecule has 1 aliphatic heterocycles. The number of fused-ring (bicyclic) bond motifs is 1. The Labute approximate surface area is 118 Å². The van der Waals surface area contributed by atoms with Gasteiger partial charge in [0.1, 0.15) is 11.6 Å². The van der Waals surface area contributed by atoms with E-state index in [2.05, 4.69) is 36.9 Å². The number of hydrogen-bond acceptors (Lipinski definition) is 4. The Kier molecular flexibility index (Phi) is 2.92. The monoisotopic (exact) mass is 269 g/mol. The van der Waals surface area contributed by atoms with E-state index in [0.717, 1.165) is 43.9 Å². The maximum Gasteiger partial charge on any atom is 0.128 e. The molecule has 0 saturated heterocycles. The summed E-state index contributed by atoms with van der Waals surface area (Å²) in [6.07, 6.45) is 8.56. The molecule has 1 saturated carbocycles. The molecular formula is C15H19N5. The smallest absolute Gasteiger partial charge is 0.128 e. The molecule has 5 nitrogen and oxygen atoms in total. The summed E-state index contributed by atoms with van der Waals surface area (Å²) in [6.45, 7) is 3.76. The highest BCUT2D eigenvalue weighted by Crippen LogP contribution is 2.20. The zero-order chi connectivity index (χ0) is 13.4. The largest absolute Gasteiger partial charge is 0.347 e. The van der Waals surface area contributed by atoms with Gasteiger partial charge in [-0.3, -0.25) is 0 Å². The molecular weight excluding hydrogens is 250 g/mol. The summed E-state index contributed by atoms with van der Waals surface area (Å²) >= 11 is 0. The van der Waals surface area contributed by atoms with Crippen LogP contribution in [0.25, 0.3) is 0 Å². The first-order chi connectivity index (χ1) is 9.88. The number of anilines is 1. The van der Waals surface area contributed by atoms with Crippen LogP contribution in [0.2, 0.25) is 0 Å². The predicted octanol–water partition coefficient (Wildman–Crippen LogP) is 1.55. The van der Waals surface area contributed by atoms with Crippen LogP contribution in [0.1, 0.15) is 24.2 Å². The van der Waals surface area contributed by atoms with Crippen molar-refractivity contribution >= 4 is 5.82 Å². The zero-order valence-electron chi connectivity index (χ0n) is 11.5. The van der Waals surface area contributed by atoms with Crippen molar-refractivity contribution in [2.45, 2.75) is 38.5 Å². The van der Waals surface area contributed by atoms with Crippen LogP contribution < -0.4 is 10.2 Å². The SMILES string of the molecule is c1cn2c(n1)CN(c1ccc(CNC3CC3)cn1)CC2. The maximum absolute atomic E-state index is 4.61. The fraction of sp³-hybridized carbons (Fsp3) is 0.467. The molecule has 1 fully saturated rings. The van der Waals surface area contributed by atoms with E-state index in [-0.39, 0.29) is 0 Å². The van der Waals surface area contributed by atoms with Crippen LogP contribution in [0, 0.1) is 0 Å². The third-order valence-corrected chi connectivity index (χ3v) is 4.05. The molecule has 20 heavy (non-hydrogen) atoms. The molecule has 2 aliphatic rings. The average molecular weight is 269 g/mol. The summed E-state index contributed by atoms with van der Waals surface area (Å²) in [5, 5.41) is 3.51. The van der Waals surface area contributed by atoms with Crippen molar-refractivity contribution in [1.29, 1.82) is 0 Å². The highest BCUT2D eigenvalue weighted by atomic mass is 15.3. The van der Waals surface area contributed by atoms with Crippen LogP contribution in [0.5, 0.6) is 0 Å². The third-order valence-electron chi connectivity index (χ3n) is 4.05. The lowest BCUT2D eigenvalue weighted by atomic mass is 10.2. The second-order valence-electron chi connectivity index (χ2n) is 5.64. The molecule has 2 aromatic rings. The molecule has 0 unspecified atom stereocenters. The highest BCUT2D eigenvalue weighted by Gasteiger charge is 2.20. The lowest BCUT2D eigenvalue weighted by Gasteiger charge is -2.28. The van der Waals surface area contributed by atoms with Gasteiger partial charge in [-0.2, -0.15) is 0 Å². The van der Waals surface area contributed by atoms with Crippen molar-refractivity contribution in [3.63, 3.8) is 0 Å². The average Bonchev–Trinajstić information content (AvgIpc) is 3.21. The summed E-state index contributed by atoms with van der Waals surface area (Å²) < 4.78 is 2.21. The number of nitrogens with zero attached hydrogens (tertiary/aromatic N) is 4. The number of hydrogen-bond donors (Lipinski definition) is 1. The number of imidazole rings is 1. The van der Waals surface area contributed by atoms with Gasteiger partial charge in [0.15, 0.2) is 0 Å². The quantitative estimate of drug-likeness (QED) is 0.915. The Bertz CT molecular complexity index is 585. The molecule has 2 aromatic heterocycles. The zero-order valence-corrected chi connectivity index (χ0v) is 11.5. The van der Waals surface area contributed by atoms with Crippen molar-refractivity contribution in [2.75, 3.05) is 11.4 Å². The molecule has 0 amide bonds. The van der Waals surface area contributed by atoms with Crippen LogP contribution in [-0.4, -0.2) is 27.1 Å². The first-order valence-corrected chi connectivity index (χ1v) is 7.32. The number of nitrogens with one attached hydrogen (secondary N) is 1. The molecule has 0 spiro atoms. The van der Waals surface area contributed by atoms with E-state index >= 15 is 0 Å². The molecule has 0 atom stereocenters. The van der Waals surface area contributed by atoms with E-state index in [1.165, 1.54) is 18.4 Å². The third kappa shape index (κ3) is 2.41. The van der Waals surface area contributed by atoms with Crippen molar-refractivity contribution in [2.24, 2.45) is 0 Å². The van der Waals surface area contributed by atoms with E-state index in [0.29, 0.717) is 0 Å². The fourth-order valence-electron chi connectivity index (χ4n) is 2.63. The van der Waals surface area contributed by atoms with Gasteiger partial charge in [-0.1, -0.05) is 6.07 Å². The van der Waals surface area contributed by atoms with Gasteiger partial charge in [0.05, 0.1) is 6.54 Å². The van der Waals surface area contributed by atoms with Gasteiger partial charge in [0, 0.05) is 44.3 Å². The molecule has 4 rings (SSSR count). The molecule has 0 bridgehead atoms. The van der Waals surface area contributed by atoms with Gasteiger partial charge in [0.2, 0.25) is 0 Å². The van der Waals surface area contributed by atoms with E-state index in [9.17, 15) is 0 Å². The first kappa shape index (κ1) is 11.9. The predicted molar refractivity (Wildman–Crippen MR) is 77.4 cm³/mol. The lowest BCUT2D eigenvalue weighted by Crippen LogP contribution is -2.34. The number of rotatable bonds is 4. The summed E-state index contributed by atoms with van der Waals surface area (Å²) in [5.41, 5.74) is 1.26. The maximum atomic E-state index is 4.61. The topological polar surface area (TPSA) is 46.0 Å². The van der Waals surface area contributed by atoms with Gasteiger partial charge in [-0.05, 0) is 24.5 Å². The van der Waals surface area contributed by atoms with Crippen molar-refractivity contribution in [3.8, 4) is 0 Å². The van der Waals surface area contributed by atoms with E-state index in [1.54, 1.807) is 0 Å². The second kappa shape index (κ2) is 4.90. The standard InChI is InChI=1S/C15H19N5/c1-4-14(18-10-12(1)9-17-13-2-3-13)20-8-7-19-6-5-16-15(19)11-20/h1,4-6,10,13,17H,2-3,7-9,11H2. The van der Waals surface area contributed by atoms with Crippen LogP contribution >= 0.6 is 0 Å². The number of pyridine rings is 1. The molecule has 1 aliphatic carbocycles. The molecule has 3 heterocycles. The fourth-order valence-corrected chi connectivity index (χ4v) is 2.63. The molecule has 104 valence electrons. The van der Waals surface area contributed by atoms with Crippen LogP contribution in [0.3, 0.4) is 0 Å². The van der Waals surface area contributed by atoms with Crippen LogP contribution in [-0.2, 0) is 19.6 Å². The van der Waals surface area contributed by atoms with Gasteiger partial charge < -0.3 is 14.8 Å². The highest BCUT2D eigenvalue weighted by molar-refractivity contribution is 5.40. The Morgan fingerprint density at radius 3 is 2.95 bits per heavy atom. The van der Waals surface area contributed by atoms with Crippen molar-refractivity contribution in [1.82, 2.24) is 19.9 Å². The van der Waals surface area contributed by atoms with Gasteiger partial charge in [0.25, 0.3) is 0 Å². The van der Waals surface area contributed by atoms with Crippen molar-refractivity contribution < 1.29 is 0 Å². The summed E-state index contributed by atoms with van der Waals surface area (Å²) in [5.74, 6) is 2.17. The van der Waals surface area contributed by atoms with E-state index < -0.39 is 0 Å². The number of aromatic nitrogens is 3. The summed E-state index contributed by atoms with van der Waals surface area (Å²) in [4.78, 5) is 11.3. The normalized spacial score (nSPS) is 18.1. The Hall–Kier alpha value is -1.88. The Morgan fingerprint density at radius 1 is 1.20 bits per heavy atom. The second-order valence-corrected chi connectivity index (χ2v) is 5.64. The minimum absolute atomic E-state index is 0.746. The van der Waals surface area contributed by atoms with Gasteiger partial charge in [-0.25, -0.2) is 9.97 Å². The van der Waals surface area contributed by atoms with Crippen LogP contribution in [0.15, 0.2) is 30.7 Å². The van der Waals surface area contributed by atoms with E-state index in [4.69, 9.17) is 0 Å². The molecule has 0 radical (unpaired) electrons. The molecule has 5 heteroatoms. The van der Waals surface area contributed by atoms with Gasteiger partial charge >= 0.3 is 0 Å². The molecule has 0 aromatic carbocycles. The first-order valence-electron chi connectivity index (χ1n) is 7.32. The van der Waals surface area contributed by atoms with Gasteiger partial charge in [-0.15, -0.1) is 0 Å². The lowest BCUT2D eigenvalue weighted by molar-refractivity contribution is 0.556. The van der Waals surface area contributed by atoms with Crippen molar-refractivity contribution in [3.05, 3.63) is 42.1 Å². The molecule has 1 N–H and O–H groups in total. The minimum Gasteiger partial charge on any atom is -0.347 e. The van der Waals surface area contributed by atoms with Crippen LogP contribution in [0.4, 0.5) is 5.82 Å². The minimum atomic E-state index is 0.746. The summed E-state index contributed by atoms with van der Waals surface area (Å²) in [6, 6.07) is 5.05. The van der Waals surface area contributed by atoms with E-state index in [1.807, 2.05) is 18.6 Å². The Morgan fingerprint density at radius 2 is 2.15 bits per heavy atom. The summed E-state index contributed by atoms with van der Waals surface area (Å²) in [7, 11) is 0.